The molecule has 1 aromatic heterocycles. The summed E-state index contributed by atoms with van der Waals surface area (Å²) in [5.74, 6) is -0.148. The van der Waals surface area contributed by atoms with E-state index in [-0.39, 0.29) is 24.3 Å². The summed E-state index contributed by atoms with van der Waals surface area (Å²) >= 11 is 0. The summed E-state index contributed by atoms with van der Waals surface area (Å²) in [6.07, 6.45) is 5.35. The average Bonchev–Trinajstić information content (AvgIpc) is 2.89. The van der Waals surface area contributed by atoms with Crippen LogP contribution in [0.1, 0.15) is 46.8 Å². The lowest BCUT2D eigenvalue weighted by Gasteiger charge is -2.35. The van der Waals surface area contributed by atoms with Gasteiger partial charge < -0.3 is 21.3 Å². The fourth-order valence-electron chi connectivity index (χ4n) is 4.26. The van der Waals surface area contributed by atoms with E-state index < -0.39 is 6.04 Å². The molecule has 1 aliphatic heterocycles. The number of aromatic nitrogens is 1. The number of pyridine rings is 1. The zero-order valence-electron chi connectivity index (χ0n) is 19.2. The third-order valence-corrected chi connectivity index (χ3v) is 6.20. The van der Waals surface area contributed by atoms with Crippen LogP contribution in [0.15, 0.2) is 79.1 Å². The lowest BCUT2D eigenvalue weighted by molar-refractivity contribution is -0.135. The first-order valence-corrected chi connectivity index (χ1v) is 11.7. The van der Waals surface area contributed by atoms with Gasteiger partial charge in [0.1, 0.15) is 0 Å². The quantitative estimate of drug-likeness (QED) is 0.481. The van der Waals surface area contributed by atoms with Gasteiger partial charge in [-0.2, -0.15) is 0 Å². The van der Waals surface area contributed by atoms with E-state index in [2.05, 4.69) is 27.8 Å². The highest BCUT2D eigenvalue weighted by atomic mass is 16.2. The minimum absolute atomic E-state index is 0.0581. The zero-order valence-corrected chi connectivity index (χ0v) is 19.2. The summed E-state index contributed by atoms with van der Waals surface area (Å²) in [5.41, 5.74) is 9.60. The molecular weight excluding hydrogens is 426 g/mol. The van der Waals surface area contributed by atoms with Crippen LogP contribution in [-0.2, 0) is 11.3 Å². The molecule has 0 bridgehead atoms. The van der Waals surface area contributed by atoms with Crippen molar-refractivity contribution in [3.8, 4) is 0 Å². The van der Waals surface area contributed by atoms with Crippen LogP contribution in [0.3, 0.4) is 0 Å². The molecule has 1 saturated heterocycles. The second-order valence-corrected chi connectivity index (χ2v) is 8.61. The number of carbonyl (C=O) groups excluding carboxylic acids is 2. The summed E-state index contributed by atoms with van der Waals surface area (Å²) < 4.78 is 0. The first-order valence-electron chi connectivity index (χ1n) is 11.7. The lowest BCUT2D eigenvalue weighted by Crippen LogP contribution is -2.46. The molecule has 1 aliphatic rings. The van der Waals surface area contributed by atoms with Gasteiger partial charge in [-0.3, -0.25) is 14.6 Å². The van der Waals surface area contributed by atoms with Crippen LogP contribution in [-0.4, -0.2) is 40.8 Å². The molecular formula is C27H31N5O2. The standard InChI is InChI=1S/C27H31N5O2/c28-25(21-6-8-22(9-7-21)27(34)31-23-10-14-29-15-11-23)18-26(33)32(24-12-16-30-17-13-24)19-20-4-2-1-3-5-20/h1-11,14-15,24-25,30H,12-13,16-19,28H2,(H,29,31,34). The zero-order chi connectivity index (χ0) is 23.8. The first kappa shape index (κ1) is 23.6. The molecule has 7 heteroatoms. The van der Waals surface area contributed by atoms with Crippen LogP contribution in [0.2, 0.25) is 0 Å². The number of piperidine rings is 1. The Morgan fingerprint density at radius 3 is 2.35 bits per heavy atom. The number of hydrogen-bond donors (Lipinski definition) is 3. The molecule has 2 heterocycles. The van der Waals surface area contributed by atoms with Crippen molar-refractivity contribution >= 4 is 17.5 Å². The molecule has 4 N–H and O–H groups in total. The molecule has 2 aromatic carbocycles. The molecule has 1 unspecified atom stereocenters. The van der Waals surface area contributed by atoms with E-state index in [9.17, 15) is 9.59 Å². The van der Waals surface area contributed by atoms with Gasteiger partial charge in [0, 0.05) is 48.7 Å². The van der Waals surface area contributed by atoms with E-state index in [1.165, 1.54) is 0 Å². The van der Waals surface area contributed by atoms with Crippen LogP contribution in [0, 0.1) is 0 Å². The fourth-order valence-corrected chi connectivity index (χ4v) is 4.26. The Bertz CT molecular complexity index is 1070. The largest absolute Gasteiger partial charge is 0.335 e. The van der Waals surface area contributed by atoms with Crippen molar-refractivity contribution in [2.24, 2.45) is 5.73 Å². The molecule has 1 fully saturated rings. The van der Waals surface area contributed by atoms with Crippen molar-refractivity contribution in [3.63, 3.8) is 0 Å². The van der Waals surface area contributed by atoms with Crippen LogP contribution in [0.25, 0.3) is 0 Å². The minimum atomic E-state index is -0.440. The number of nitrogens with one attached hydrogen (secondary N) is 2. The van der Waals surface area contributed by atoms with E-state index in [0.29, 0.717) is 17.8 Å². The number of hydrogen-bond acceptors (Lipinski definition) is 5. The second kappa shape index (κ2) is 11.5. The minimum Gasteiger partial charge on any atom is -0.335 e. The van der Waals surface area contributed by atoms with Gasteiger partial charge in [-0.15, -0.1) is 0 Å². The van der Waals surface area contributed by atoms with Gasteiger partial charge in [0.2, 0.25) is 5.91 Å². The molecule has 0 aliphatic carbocycles. The van der Waals surface area contributed by atoms with Crippen LogP contribution >= 0.6 is 0 Å². The monoisotopic (exact) mass is 457 g/mol. The summed E-state index contributed by atoms with van der Waals surface area (Å²) in [7, 11) is 0. The number of amides is 2. The van der Waals surface area contributed by atoms with E-state index in [1.54, 1.807) is 36.7 Å². The van der Waals surface area contributed by atoms with E-state index in [0.717, 1.165) is 37.1 Å². The van der Waals surface area contributed by atoms with Gasteiger partial charge in [0.25, 0.3) is 5.91 Å². The first-order chi connectivity index (χ1) is 16.6. The van der Waals surface area contributed by atoms with E-state index in [1.807, 2.05) is 35.2 Å². The molecule has 0 radical (unpaired) electrons. The van der Waals surface area contributed by atoms with E-state index in [4.69, 9.17) is 5.73 Å². The van der Waals surface area contributed by atoms with Crippen LogP contribution in [0.4, 0.5) is 5.69 Å². The Balaban J connectivity index is 1.40. The molecule has 34 heavy (non-hydrogen) atoms. The Morgan fingerprint density at radius 1 is 1.00 bits per heavy atom. The van der Waals surface area contributed by atoms with Gasteiger partial charge in [-0.25, -0.2) is 0 Å². The Kier molecular flexibility index (Phi) is 8.01. The van der Waals surface area contributed by atoms with Crippen molar-refractivity contribution in [1.29, 1.82) is 0 Å². The maximum Gasteiger partial charge on any atom is 0.255 e. The predicted octanol–water partition coefficient (Wildman–Crippen LogP) is 3.50. The molecule has 3 aromatic rings. The van der Waals surface area contributed by atoms with Crippen molar-refractivity contribution in [1.82, 2.24) is 15.2 Å². The topological polar surface area (TPSA) is 100 Å². The van der Waals surface area contributed by atoms with Crippen molar-refractivity contribution < 1.29 is 9.59 Å². The number of nitrogens with two attached hydrogens (primary N) is 1. The summed E-state index contributed by atoms with van der Waals surface area (Å²) in [4.78, 5) is 31.8. The normalized spacial score (nSPS) is 14.9. The molecule has 2 amide bonds. The highest BCUT2D eigenvalue weighted by Gasteiger charge is 2.27. The van der Waals surface area contributed by atoms with Crippen LogP contribution in [0.5, 0.6) is 0 Å². The highest BCUT2D eigenvalue weighted by Crippen LogP contribution is 2.22. The van der Waals surface area contributed by atoms with Gasteiger partial charge in [-0.1, -0.05) is 42.5 Å². The van der Waals surface area contributed by atoms with Gasteiger partial charge in [0.05, 0.1) is 0 Å². The van der Waals surface area contributed by atoms with Crippen molar-refractivity contribution in [2.75, 3.05) is 18.4 Å². The molecule has 0 spiro atoms. The maximum atomic E-state index is 13.4. The number of anilines is 1. The number of rotatable bonds is 8. The van der Waals surface area contributed by atoms with Crippen molar-refractivity contribution in [2.45, 2.75) is 37.9 Å². The van der Waals surface area contributed by atoms with Crippen LogP contribution < -0.4 is 16.4 Å². The number of nitrogens with zero attached hydrogens (tertiary/aromatic N) is 2. The number of carbonyl (C=O) groups is 2. The Morgan fingerprint density at radius 2 is 1.68 bits per heavy atom. The molecule has 0 saturated carbocycles. The summed E-state index contributed by atoms with van der Waals surface area (Å²) in [5, 5.41) is 6.21. The summed E-state index contributed by atoms with van der Waals surface area (Å²) in [6.45, 7) is 2.42. The fraction of sp³-hybridized carbons (Fsp3) is 0.296. The van der Waals surface area contributed by atoms with Gasteiger partial charge in [0.15, 0.2) is 0 Å². The molecule has 7 nitrogen and oxygen atoms in total. The van der Waals surface area contributed by atoms with Crippen molar-refractivity contribution in [3.05, 3.63) is 95.8 Å². The summed E-state index contributed by atoms with van der Waals surface area (Å²) in [6, 6.07) is 20.5. The smallest absolute Gasteiger partial charge is 0.255 e. The van der Waals surface area contributed by atoms with Gasteiger partial charge >= 0.3 is 0 Å². The van der Waals surface area contributed by atoms with E-state index >= 15 is 0 Å². The SMILES string of the molecule is NC(CC(=O)N(Cc1ccccc1)C1CCNCC1)c1ccc(C(=O)Nc2ccncc2)cc1. The second-order valence-electron chi connectivity index (χ2n) is 8.61. The maximum absolute atomic E-state index is 13.4. The lowest BCUT2D eigenvalue weighted by atomic mass is 9.99. The highest BCUT2D eigenvalue weighted by molar-refractivity contribution is 6.04. The molecule has 1 atom stereocenters. The Hall–Kier alpha value is -3.55. The third-order valence-electron chi connectivity index (χ3n) is 6.20. The van der Waals surface area contributed by atoms with Gasteiger partial charge in [-0.05, 0) is 61.3 Å². The number of benzene rings is 2. The average molecular weight is 458 g/mol. The molecule has 4 rings (SSSR count). The third kappa shape index (κ3) is 6.27. The predicted molar refractivity (Wildman–Crippen MR) is 133 cm³/mol. The molecule has 176 valence electrons. The Labute approximate surface area is 200 Å².